The van der Waals surface area contributed by atoms with Gasteiger partial charge in [-0.15, -0.1) is 0 Å². The summed E-state index contributed by atoms with van der Waals surface area (Å²) < 4.78 is 30.0. The van der Waals surface area contributed by atoms with E-state index in [1.54, 1.807) is 24.3 Å². The highest BCUT2D eigenvalue weighted by Gasteiger charge is 2.22. The maximum Gasteiger partial charge on any atom is 0.240 e. The van der Waals surface area contributed by atoms with E-state index in [4.69, 9.17) is 4.74 Å². The summed E-state index contributed by atoms with van der Waals surface area (Å²) in [6, 6.07) is 6.51. The van der Waals surface area contributed by atoms with E-state index in [-0.39, 0.29) is 24.4 Å². The van der Waals surface area contributed by atoms with Crippen molar-refractivity contribution in [2.45, 2.75) is 26.8 Å². The Morgan fingerprint density at radius 1 is 1.23 bits per heavy atom. The Kier molecular flexibility index (Phi) is 6.22. The fourth-order valence-corrected chi connectivity index (χ4v) is 2.60. The lowest BCUT2D eigenvalue weighted by atomic mass is 10.1. The number of methoxy groups -OCH3 is 1. The first-order chi connectivity index (χ1) is 10.1. The third-order valence-electron chi connectivity index (χ3n) is 3.44. The predicted octanol–water partition coefficient (Wildman–Crippen LogP) is 1.62. The molecule has 1 rings (SSSR count). The summed E-state index contributed by atoms with van der Waals surface area (Å²) in [6.45, 7) is 5.62. The second-order valence-corrected chi connectivity index (χ2v) is 7.47. The summed E-state index contributed by atoms with van der Waals surface area (Å²) in [5, 5.41) is 2.80. The van der Waals surface area contributed by atoms with Crippen molar-refractivity contribution < 1.29 is 17.9 Å². The molecule has 7 heteroatoms. The Bertz CT molecular complexity index is 596. The maximum atomic E-state index is 12.1. The lowest BCUT2D eigenvalue weighted by Crippen LogP contribution is -2.44. The molecular weight excluding hydrogens is 304 g/mol. The van der Waals surface area contributed by atoms with Crippen LogP contribution in [0.25, 0.3) is 0 Å². The van der Waals surface area contributed by atoms with Gasteiger partial charge in [-0.3, -0.25) is 9.10 Å². The van der Waals surface area contributed by atoms with Crippen LogP contribution in [0.2, 0.25) is 0 Å². The minimum atomic E-state index is -3.56. The number of carbonyl (C=O) groups is 1. The Labute approximate surface area is 132 Å². The van der Waals surface area contributed by atoms with Gasteiger partial charge in [0.15, 0.2) is 0 Å². The monoisotopic (exact) mass is 328 g/mol. The fourth-order valence-electron chi connectivity index (χ4n) is 1.75. The summed E-state index contributed by atoms with van der Waals surface area (Å²) in [4.78, 5) is 12.1. The van der Waals surface area contributed by atoms with Crippen LogP contribution in [0.3, 0.4) is 0 Å². The maximum absolute atomic E-state index is 12.1. The molecule has 0 aromatic heterocycles. The number of amides is 1. The first-order valence-electron chi connectivity index (χ1n) is 7.06. The number of hydrogen-bond donors (Lipinski definition) is 1. The van der Waals surface area contributed by atoms with Crippen molar-refractivity contribution in [3.63, 3.8) is 0 Å². The molecule has 0 aliphatic heterocycles. The molecule has 0 heterocycles. The second-order valence-electron chi connectivity index (χ2n) is 5.57. The number of benzene rings is 1. The van der Waals surface area contributed by atoms with Gasteiger partial charge in [0, 0.05) is 6.04 Å². The SMILES string of the molecule is COc1ccc(N(CC(=O)NC(C)C(C)C)S(C)(=O)=O)cc1. The quantitative estimate of drug-likeness (QED) is 0.825. The van der Waals surface area contributed by atoms with Gasteiger partial charge in [-0.2, -0.15) is 0 Å². The molecule has 0 bridgehead atoms. The van der Waals surface area contributed by atoms with Crippen LogP contribution in [-0.2, 0) is 14.8 Å². The van der Waals surface area contributed by atoms with Crippen molar-refractivity contribution >= 4 is 21.6 Å². The van der Waals surface area contributed by atoms with Crippen LogP contribution >= 0.6 is 0 Å². The molecule has 22 heavy (non-hydrogen) atoms. The van der Waals surface area contributed by atoms with Crippen molar-refractivity contribution in [2.24, 2.45) is 5.92 Å². The molecule has 1 unspecified atom stereocenters. The molecule has 0 spiro atoms. The zero-order valence-corrected chi connectivity index (χ0v) is 14.5. The average molecular weight is 328 g/mol. The summed E-state index contributed by atoms with van der Waals surface area (Å²) in [6.07, 6.45) is 1.08. The first-order valence-corrected chi connectivity index (χ1v) is 8.91. The van der Waals surface area contributed by atoms with Crippen molar-refractivity contribution in [1.82, 2.24) is 5.32 Å². The van der Waals surface area contributed by atoms with E-state index >= 15 is 0 Å². The molecule has 0 saturated carbocycles. The smallest absolute Gasteiger partial charge is 0.240 e. The summed E-state index contributed by atoms with van der Waals surface area (Å²) >= 11 is 0. The number of ether oxygens (including phenoxy) is 1. The molecule has 0 radical (unpaired) electrons. The molecule has 6 nitrogen and oxygen atoms in total. The molecule has 0 aliphatic rings. The van der Waals surface area contributed by atoms with Crippen LogP contribution in [0, 0.1) is 5.92 Å². The Morgan fingerprint density at radius 3 is 2.18 bits per heavy atom. The van der Waals surface area contributed by atoms with Gasteiger partial charge < -0.3 is 10.1 Å². The highest BCUT2D eigenvalue weighted by atomic mass is 32.2. The predicted molar refractivity (Wildman–Crippen MR) is 87.6 cm³/mol. The van der Waals surface area contributed by atoms with E-state index in [9.17, 15) is 13.2 Å². The van der Waals surface area contributed by atoms with Crippen LogP contribution < -0.4 is 14.4 Å². The van der Waals surface area contributed by atoms with E-state index < -0.39 is 10.0 Å². The molecule has 0 saturated heterocycles. The molecule has 0 aliphatic carbocycles. The lowest BCUT2D eigenvalue weighted by Gasteiger charge is -2.24. The van der Waals surface area contributed by atoms with Gasteiger partial charge in [-0.25, -0.2) is 8.42 Å². The summed E-state index contributed by atoms with van der Waals surface area (Å²) in [5.41, 5.74) is 0.427. The topological polar surface area (TPSA) is 75.7 Å². The molecule has 1 atom stereocenters. The van der Waals surface area contributed by atoms with Crippen LogP contribution in [0.1, 0.15) is 20.8 Å². The lowest BCUT2D eigenvalue weighted by molar-refractivity contribution is -0.120. The Balaban J connectivity index is 2.92. The second kappa shape index (κ2) is 7.49. The molecule has 1 amide bonds. The number of hydrogen-bond acceptors (Lipinski definition) is 4. The molecular formula is C15H24N2O4S. The van der Waals surface area contributed by atoms with Gasteiger partial charge >= 0.3 is 0 Å². The van der Waals surface area contributed by atoms with Gasteiger partial charge in [0.05, 0.1) is 19.1 Å². The molecule has 1 N–H and O–H groups in total. The minimum Gasteiger partial charge on any atom is -0.497 e. The fraction of sp³-hybridized carbons (Fsp3) is 0.533. The Morgan fingerprint density at radius 2 is 1.77 bits per heavy atom. The molecule has 124 valence electrons. The first kappa shape index (κ1) is 18.3. The highest BCUT2D eigenvalue weighted by molar-refractivity contribution is 7.92. The zero-order chi connectivity index (χ0) is 16.9. The van der Waals surface area contributed by atoms with Crippen molar-refractivity contribution in [1.29, 1.82) is 0 Å². The van der Waals surface area contributed by atoms with Crippen LogP contribution in [-0.4, -0.2) is 40.3 Å². The summed E-state index contributed by atoms with van der Waals surface area (Å²) in [5.74, 6) is 0.564. The van der Waals surface area contributed by atoms with Gasteiger partial charge in [-0.1, -0.05) is 13.8 Å². The van der Waals surface area contributed by atoms with E-state index in [1.165, 1.54) is 7.11 Å². The van der Waals surface area contributed by atoms with Crippen molar-refractivity contribution in [3.05, 3.63) is 24.3 Å². The number of sulfonamides is 1. The van der Waals surface area contributed by atoms with Gasteiger partial charge in [-0.05, 0) is 37.1 Å². The van der Waals surface area contributed by atoms with Crippen LogP contribution in [0.15, 0.2) is 24.3 Å². The number of nitrogens with one attached hydrogen (secondary N) is 1. The van der Waals surface area contributed by atoms with E-state index in [0.717, 1.165) is 10.6 Å². The largest absolute Gasteiger partial charge is 0.497 e. The van der Waals surface area contributed by atoms with E-state index in [1.807, 2.05) is 20.8 Å². The standard InChI is InChI=1S/C15H24N2O4S/c1-11(2)12(3)16-15(18)10-17(22(5,19)20)13-6-8-14(21-4)9-7-13/h6-9,11-12H,10H2,1-5H3,(H,16,18). The van der Waals surface area contributed by atoms with Gasteiger partial charge in [0.25, 0.3) is 0 Å². The zero-order valence-electron chi connectivity index (χ0n) is 13.7. The van der Waals surface area contributed by atoms with Crippen molar-refractivity contribution in [2.75, 3.05) is 24.2 Å². The minimum absolute atomic E-state index is 0.0234. The normalized spacial score (nSPS) is 12.8. The number of nitrogens with zero attached hydrogens (tertiary/aromatic N) is 1. The van der Waals surface area contributed by atoms with Crippen LogP contribution in [0.4, 0.5) is 5.69 Å². The molecule has 1 aromatic rings. The van der Waals surface area contributed by atoms with Gasteiger partial charge in [0.2, 0.25) is 15.9 Å². The van der Waals surface area contributed by atoms with Crippen LogP contribution in [0.5, 0.6) is 5.75 Å². The molecule has 0 fully saturated rings. The van der Waals surface area contributed by atoms with E-state index in [2.05, 4.69) is 5.32 Å². The van der Waals surface area contributed by atoms with E-state index in [0.29, 0.717) is 11.4 Å². The summed E-state index contributed by atoms with van der Waals surface area (Å²) in [7, 11) is -2.03. The van der Waals surface area contributed by atoms with Gasteiger partial charge in [0.1, 0.15) is 12.3 Å². The number of rotatable bonds is 7. The van der Waals surface area contributed by atoms with Crippen molar-refractivity contribution in [3.8, 4) is 5.75 Å². The third-order valence-corrected chi connectivity index (χ3v) is 4.58. The Hall–Kier alpha value is -1.76. The third kappa shape index (κ3) is 5.22. The molecule has 1 aromatic carbocycles. The number of anilines is 1. The number of carbonyl (C=O) groups excluding carboxylic acids is 1. The highest BCUT2D eigenvalue weighted by Crippen LogP contribution is 2.21. The average Bonchev–Trinajstić information content (AvgIpc) is 2.43.